The summed E-state index contributed by atoms with van der Waals surface area (Å²) in [6.45, 7) is 0.185. The van der Waals surface area contributed by atoms with Gasteiger partial charge in [0.1, 0.15) is 18.1 Å². The number of carbonyl (C=O) groups is 2. The number of ether oxygens (including phenoxy) is 2. The molecule has 3 rings (SSSR count). The number of nitrogens with one attached hydrogen (secondary N) is 2. The van der Waals surface area contributed by atoms with Crippen LogP contribution in [0.5, 0.6) is 11.5 Å². The molecule has 0 saturated heterocycles. The predicted molar refractivity (Wildman–Crippen MR) is 89.4 cm³/mol. The standard InChI is InChI=1S/C16H17N3O4S/c1-22-12-3-2-10-6-11(9-23-13(10)7-12)15(21)18-8-14(20)19-16-17-4-5-24-16/h2-5,7,11H,6,8-9H2,1H3,(H,18,21)(H,17,19,20)/t11-/m0/s1. The summed E-state index contributed by atoms with van der Waals surface area (Å²) < 4.78 is 10.8. The molecule has 8 heteroatoms. The number of hydrogen-bond acceptors (Lipinski definition) is 6. The van der Waals surface area contributed by atoms with E-state index < -0.39 is 0 Å². The summed E-state index contributed by atoms with van der Waals surface area (Å²) >= 11 is 1.32. The maximum atomic E-state index is 12.2. The highest BCUT2D eigenvalue weighted by Gasteiger charge is 2.26. The van der Waals surface area contributed by atoms with Gasteiger partial charge in [0.15, 0.2) is 5.13 Å². The lowest BCUT2D eigenvalue weighted by atomic mass is 9.96. The number of methoxy groups -OCH3 is 1. The van der Waals surface area contributed by atoms with Crippen molar-refractivity contribution in [2.45, 2.75) is 6.42 Å². The lowest BCUT2D eigenvalue weighted by molar-refractivity contribution is -0.128. The van der Waals surface area contributed by atoms with Crippen molar-refractivity contribution < 1.29 is 19.1 Å². The monoisotopic (exact) mass is 347 g/mol. The van der Waals surface area contributed by atoms with E-state index in [2.05, 4.69) is 15.6 Å². The first-order valence-electron chi connectivity index (χ1n) is 7.42. The number of hydrogen-bond donors (Lipinski definition) is 2. The van der Waals surface area contributed by atoms with Crippen molar-refractivity contribution >= 4 is 28.3 Å². The fraction of sp³-hybridized carbons (Fsp3) is 0.312. The van der Waals surface area contributed by atoms with Crippen LogP contribution in [0.15, 0.2) is 29.8 Å². The maximum absolute atomic E-state index is 12.2. The Morgan fingerprint density at radius 1 is 1.46 bits per heavy atom. The molecule has 2 amide bonds. The topological polar surface area (TPSA) is 89.5 Å². The van der Waals surface area contributed by atoms with Crippen molar-refractivity contribution in [3.8, 4) is 11.5 Å². The number of carbonyl (C=O) groups excluding carboxylic acids is 2. The van der Waals surface area contributed by atoms with Crippen LogP contribution in [0.2, 0.25) is 0 Å². The molecule has 0 bridgehead atoms. The van der Waals surface area contributed by atoms with Crippen LogP contribution in [0.4, 0.5) is 5.13 Å². The molecule has 1 aliphatic rings. The molecule has 126 valence electrons. The van der Waals surface area contributed by atoms with Crippen molar-refractivity contribution in [2.75, 3.05) is 25.6 Å². The summed E-state index contributed by atoms with van der Waals surface area (Å²) in [5.41, 5.74) is 0.953. The van der Waals surface area contributed by atoms with Gasteiger partial charge < -0.3 is 20.1 Å². The highest BCUT2D eigenvalue weighted by atomic mass is 32.1. The Kier molecular flexibility index (Phi) is 4.95. The molecule has 1 aliphatic heterocycles. The first kappa shape index (κ1) is 16.3. The number of benzene rings is 1. The zero-order valence-corrected chi connectivity index (χ0v) is 13.9. The minimum atomic E-state index is -0.321. The summed E-state index contributed by atoms with van der Waals surface area (Å²) in [4.78, 5) is 27.9. The largest absolute Gasteiger partial charge is 0.497 e. The zero-order chi connectivity index (χ0) is 16.9. The summed E-state index contributed by atoms with van der Waals surface area (Å²) in [6.07, 6.45) is 2.17. The fourth-order valence-corrected chi connectivity index (χ4v) is 2.95. The quantitative estimate of drug-likeness (QED) is 0.855. The smallest absolute Gasteiger partial charge is 0.245 e. The molecule has 2 heterocycles. The highest BCUT2D eigenvalue weighted by molar-refractivity contribution is 7.13. The van der Waals surface area contributed by atoms with Crippen molar-refractivity contribution in [3.63, 3.8) is 0 Å². The molecule has 0 fully saturated rings. The lowest BCUT2D eigenvalue weighted by Crippen LogP contribution is -2.40. The molecule has 7 nitrogen and oxygen atoms in total. The van der Waals surface area contributed by atoms with Crippen LogP contribution in [0.3, 0.4) is 0 Å². The van der Waals surface area contributed by atoms with Crippen LogP contribution < -0.4 is 20.1 Å². The van der Waals surface area contributed by atoms with E-state index >= 15 is 0 Å². The third-order valence-corrected chi connectivity index (χ3v) is 4.34. The summed E-state index contributed by atoms with van der Waals surface area (Å²) in [5, 5.41) is 7.53. The normalized spacial score (nSPS) is 15.8. The average molecular weight is 347 g/mol. The second kappa shape index (κ2) is 7.31. The van der Waals surface area contributed by atoms with Crippen LogP contribution in [-0.2, 0) is 16.0 Å². The maximum Gasteiger partial charge on any atom is 0.245 e. The molecule has 0 saturated carbocycles. The Bertz CT molecular complexity index is 733. The molecule has 24 heavy (non-hydrogen) atoms. The van der Waals surface area contributed by atoms with E-state index in [-0.39, 0.29) is 30.9 Å². The number of fused-ring (bicyclic) bond motifs is 1. The molecule has 0 aliphatic carbocycles. The lowest BCUT2D eigenvalue weighted by Gasteiger charge is -2.24. The van der Waals surface area contributed by atoms with Crippen LogP contribution in [-0.4, -0.2) is 37.1 Å². The van der Waals surface area contributed by atoms with Crippen molar-refractivity contribution in [1.29, 1.82) is 0 Å². The second-order valence-corrected chi connectivity index (χ2v) is 6.18. The second-order valence-electron chi connectivity index (χ2n) is 5.29. The van der Waals surface area contributed by atoms with Crippen LogP contribution in [0.1, 0.15) is 5.56 Å². The summed E-state index contributed by atoms with van der Waals surface area (Å²) in [7, 11) is 1.59. The molecule has 2 aromatic rings. The number of rotatable bonds is 5. The number of amides is 2. The highest BCUT2D eigenvalue weighted by Crippen LogP contribution is 2.31. The van der Waals surface area contributed by atoms with Crippen molar-refractivity contribution in [3.05, 3.63) is 35.3 Å². The van der Waals surface area contributed by atoms with Crippen LogP contribution >= 0.6 is 11.3 Å². The van der Waals surface area contributed by atoms with Gasteiger partial charge in [-0.2, -0.15) is 0 Å². The van der Waals surface area contributed by atoms with Gasteiger partial charge in [0, 0.05) is 17.6 Å². The van der Waals surface area contributed by atoms with E-state index in [0.717, 1.165) is 17.1 Å². The van der Waals surface area contributed by atoms with E-state index in [1.54, 1.807) is 18.7 Å². The van der Waals surface area contributed by atoms with Gasteiger partial charge in [0.2, 0.25) is 11.8 Å². The predicted octanol–water partition coefficient (Wildman–Crippen LogP) is 1.46. The van der Waals surface area contributed by atoms with E-state index in [9.17, 15) is 9.59 Å². The number of nitrogens with zero attached hydrogens (tertiary/aromatic N) is 1. The number of thiazole rings is 1. The molecular weight excluding hydrogens is 330 g/mol. The third kappa shape index (κ3) is 3.83. The Labute approximate surface area is 143 Å². The van der Waals surface area contributed by atoms with Gasteiger partial charge in [0.25, 0.3) is 0 Å². The Hall–Kier alpha value is -2.61. The number of anilines is 1. The van der Waals surface area contributed by atoms with Gasteiger partial charge in [-0.15, -0.1) is 11.3 Å². The summed E-state index contributed by atoms with van der Waals surface area (Å²) in [5.74, 6) is 0.625. The first-order valence-corrected chi connectivity index (χ1v) is 8.30. The van der Waals surface area contributed by atoms with Crippen LogP contribution in [0, 0.1) is 5.92 Å². The molecule has 0 unspecified atom stereocenters. The van der Waals surface area contributed by atoms with Crippen molar-refractivity contribution in [1.82, 2.24) is 10.3 Å². The van der Waals surface area contributed by atoms with Crippen LogP contribution in [0.25, 0.3) is 0 Å². The SMILES string of the molecule is COc1ccc2c(c1)OC[C@@H](C(=O)NCC(=O)Nc1nccs1)C2. The minimum Gasteiger partial charge on any atom is -0.497 e. The van der Waals surface area contributed by atoms with Crippen molar-refractivity contribution in [2.24, 2.45) is 5.92 Å². The van der Waals surface area contributed by atoms with E-state index in [1.807, 2.05) is 18.2 Å². The number of aromatic nitrogens is 1. The van der Waals surface area contributed by atoms with Gasteiger partial charge in [-0.05, 0) is 18.1 Å². The molecule has 0 spiro atoms. The van der Waals surface area contributed by atoms with E-state index in [1.165, 1.54) is 11.3 Å². The average Bonchev–Trinajstić information content (AvgIpc) is 3.11. The molecular formula is C16H17N3O4S. The van der Waals surface area contributed by atoms with Gasteiger partial charge in [-0.3, -0.25) is 9.59 Å². The van der Waals surface area contributed by atoms with E-state index in [0.29, 0.717) is 11.6 Å². The van der Waals surface area contributed by atoms with E-state index in [4.69, 9.17) is 9.47 Å². The molecule has 0 radical (unpaired) electrons. The molecule has 1 atom stereocenters. The third-order valence-electron chi connectivity index (χ3n) is 3.65. The minimum absolute atomic E-state index is 0.0929. The Morgan fingerprint density at radius 3 is 3.08 bits per heavy atom. The molecule has 1 aromatic heterocycles. The molecule has 1 aromatic carbocycles. The molecule has 2 N–H and O–H groups in total. The van der Waals surface area contributed by atoms with Gasteiger partial charge in [-0.1, -0.05) is 6.07 Å². The Balaban J connectivity index is 1.51. The Morgan fingerprint density at radius 2 is 2.33 bits per heavy atom. The first-order chi connectivity index (χ1) is 11.7. The van der Waals surface area contributed by atoms with Gasteiger partial charge in [-0.25, -0.2) is 4.98 Å². The summed E-state index contributed by atoms with van der Waals surface area (Å²) in [6, 6.07) is 5.54. The fourth-order valence-electron chi connectivity index (χ4n) is 2.41. The van der Waals surface area contributed by atoms with Gasteiger partial charge in [0.05, 0.1) is 19.6 Å². The zero-order valence-electron chi connectivity index (χ0n) is 13.1. The van der Waals surface area contributed by atoms with Gasteiger partial charge >= 0.3 is 0 Å².